The molecule has 1 unspecified atom stereocenters. The summed E-state index contributed by atoms with van der Waals surface area (Å²) in [4.78, 5) is 4.82. The highest BCUT2D eigenvalue weighted by Crippen LogP contribution is 2.21. The van der Waals surface area contributed by atoms with Gasteiger partial charge in [0, 0.05) is 38.4 Å². The van der Waals surface area contributed by atoms with Crippen molar-refractivity contribution in [2.45, 2.75) is 33.3 Å². The van der Waals surface area contributed by atoms with Gasteiger partial charge in [-0.05, 0) is 37.5 Å². The fourth-order valence-electron chi connectivity index (χ4n) is 2.62. The van der Waals surface area contributed by atoms with E-state index in [2.05, 4.69) is 54.8 Å². The maximum atomic E-state index is 10.4. The largest absolute Gasteiger partial charge is 0.389 e. The highest BCUT2D eigenvalue weighted by molar-refractivity contribution is 5.48. The molecule has 0 saturated carbocycles. The first-order chi connectivity index (χ1) is 9.38. The molecular weight excluding hydrogens is 248 g/mol. The van der Waals surface area contributed by atoms with Crippen molar-refractivity contribution in [3.63, 3.8) is 0 Å². The minimum absolute atomic E-state index is 0.289. The quantitative estimate of drug-likeness (QED) is 0.915. The molecule has 3 nitrogen and oxygen atoms in total. The predicted octanol–water partition coefficient (Wildman–Crippen LogP) is 2.52. The second kappa shape index (κ2) is 6.15. The number of piperazine rings is 1. The van der Waals surface area contributed by atoms with Gasteiger partial charge in [-0.15, -0.1) is 0 Å². The zero-order valence-electron chi connectivity index (χ0n) is 13.3. The van der Waals surface area contributed by atoms with E-state index in [4.69, 9.17) is 0 Å². The summed E-state index contributed by atoms with van der Waals surface area (Å²) in [5, 5.41) is 10.4. The lowest BCUT2D eigenvalue weighted by Crippen LogP contribution is -2.52. The molecule has 1 fully saturated rings. The van der Waals surface area contributed by atoms with Crippen molar-refractivity contribution in [3.05, 3.63) is 29.8 Å². The van der Waals surface area contributed by atoms with E-state index in [-0.39, 0.29) is 5.92 Å². The van der Waals surface area contributed by atoms with Crippen LogP contribution in [0.4, 0.5) is 5.69 Å². The molecule has 20 heavy (non-hydrogen) atoms. The SMILES string of the molecule is Cc1cccc(N2CCN(CC(C)(O)C(C)C)CC2)c1. The van der Waals surface area contributed by atoms with Gasteiger partial charge in [-0.25, -0.2) is 0 Å². The van der Waals surface area contributed by atoms with Crippen LogP contribution >= 0.6 is 0 Å². The number of nitrogens with zero attached hydrogens (tertiary/aromatic N) is 2. The van der Waals surface area contributed by atoms with Crippen molar-refractivity contribution in [1.82, 2.24) is 4.90 Å². The minimum atomic E-state index is -0.592. The molecule has 0 radical (unpaired) electrons. The van der Waals surface area contributed by atoms with Crippen molar-refractivity contribution in [1.29, 1.82) is 0 Å². The van der Waals surface area contributed by atoms with Gasteiger partial charge in [0.05, 0.1) is 5.60 Å². The first-order valence-electron chi connectivity index (χ1n) is 7.65. The van der Waals surface area contributed by atoms with Crippen LogP contribution in [0.25, 0.3) is 0 Å². The zero-order chi connectivity index (χ0) is 14.8. The van der Waals surface area contributed by atoms with Gasteiger partial charge in [-0.3, -0.25) is 4.90 Å². The normalized spacial score (nSPS) is 20.2. The van der Waals surface area contributed by atoms with Crippen LogP contribution < -0.4 is 4.90 Å². The second-order valence-corrected chi connectivity index (χ2v) is 6.61. The monoisotopic (exact) mass is 276 g/mol. The summed E-state index contributed by atoms with van der Waals surface area (Å²) in [7, 11) is 0. The number of aliphatic hydroxyl groups is 1. The van der Waals surface area contributed by atoms with Crippen LogP contribution in [0.2, 0.25) is 0 Å². The van der Waals surface area contributed by atoms with E-state index in [0.717, 1.165) is 32.7 Å². The van der Waals surface area contributed by atoms with Gasteiger partial charge < -0.3 is 10.0 Å². The van der Waals surface area contributed by atoms with Gasteiger partial charge >= 0.3 is 0 Å². The Hall–Kier alpha value is -1.06. The molecule has 2 rings (SSSR count). The topological polar surface area (TPSA) is 26.7 Å². The van der Waals surface area contributed by atoms with E-state index in [1.807, 2.05) is 6.92 Å². The fraction of sp³-hybridized carbons (Fsp3) is 0.647. The molecule has 1 aliphatic heterocycles. The van der Waals surface area contributed by atoms with Crippen molar-refractivity contribution in [3.8, 4) is 0 Å². The van der Waals surface area contributed by atoms with Crippen LogP contribution in [0, 0.1) is 12.8 Å². The van der Waals surface area contributed by atoms with E-state index < -0.39 is 5.60 Å². The second-order valence-electron chi connectivity index (χ2n) is 6.61. The van der Waals surface area contributed by atoms with Crippen LogP contribution in [-0.2, 0) is 0 Å². The molecule has 0 aromatic heterocycles. The molecule has 1 atom stereocenters. The van der Waals surface area contributed by atoms with Crippen LogP contribution in [-0.4, -0.2) is 48.3 Å². The Labute approximate surface area is 123 Å². The molecule has 1 aliphatic rings. The number of aryl methyl sites for hydroxylation is 1. The summed E-state index contributed by atoms with van der Waals surface area (Å²) in [5.74, 6) is 0.289. The van der Waals surface area contributed by atoms with E-state index in [9.17, 15) is 5.11 Å². The smallest absolute Gasteiger partial charge is 0.0768 e. The standard InChI is InChI=1S/C17H28N2O/c1-14(2)17(4,20)13-18-8-10-19(11-9-18)16-7-5-6-15(3)12-16/h5-7,12,14,20H,8-11,13H2,1-4H3. The van der Waals surface area contributed by atoms with Crippen molar-refractivity contribution < 1.29 is 5.11 Å². The molecular formula is C17H28N2O. The lowest BCUT2D eigenvalue weighted by molar-refractivity contribution is -0.0198. The lowest BCUT2D eigenvalue weighted by atomic mass is 9.92. The maximum Gasteiger partial charge on any atom is 0.0768 e. The lowest BCUT2D eigenvalue weighted by Gasteiger charge is -2.40. The Morgan fingerprint density at radius 3 is 2.40 bits per heavy atom. The Bertz CT molecular complexity index is 434. The van der Waals surface area contributed by atoms with Gasteiger partial charge in [0.25, 0.3) is 0 Å². The van der Waals surface area contributed by atoms with Crippen molar-refractivity contribution in [2.24, 2.45) is 5.92 Å². The Kier molecular flexibility index (Phi) is 4.71. The number of β-amino-alcohol motifs (C(OH)–C–C–N with tert-alkyl or cyclic N) is 1. The molecule has 0 bridgehead atoms. The third-order valence-corrected chi connectivity index (χ3v) is 4.53. The highest BCUT2D eigenvalue weighted by atomic mass is 16.3. The predicted molar refractivity (Wildman–Crippen MR) is 85.3 cm³/mol. The highest BCUT2D eigenvalue weighted by Gasteiger charge is 2.29. The average molecular weight is 276 g/mol. The Morgan fingerprint density at radius 2 is 1.85 bits per heavy atom. The van der Waals surface area contributed by atoms with Gasteiger partial charge in [0.1, 0.15) is 0 Å². The first-order valence-corrected chi connectivity index (χ1v) is 7.65. The van der Waals surface area contributed by atoms with E-state index in [1.54, 1.807) is 0 Å². The summed E-state index contributed by atoms with van der Waals surface area (Å²) in [6, 6.07) is 8.70. The number of benzene rings is 1. The maximum absolute atomic E-state index is 10.4. The van der Waals surface area contributed by atoms with E-state index in [0.29, 0.717) is 0 Å². The van der Waals surface area contributed by atoms with Crippen LogP contribution in [0.1, 0.15) is 26.3 Å². The Morgan fingerprint density at radius 1 is 1.20 bits per heavy atom. The van der Waals surface area contributed by atoms with Gasteiger partial charge in [-0.2, -0.15) is 0 Å². The Balaban J connectivity index is 1.90. The van der Waals surface area contributed by atoms with Crippen LogP contribution in [0.3, 0.4) is 0 Å². The summed E-state index contributed by atoms with van der Waals surface area (Å²) in [5.41, 5.74) is 2.04. The zero-order valence-corrected chi connectivity index (χ0v) is 13.3. The summed E-state index contributed by atoms with van der Waals surface area (Å²) >= 11 is 0. The molecule has 0 aliphatic carbocycles. The molecule has 1 N–H and O–H groups in total. The van der Waals surface area contributed by atoms with Gasteiger partial charge in [-0.1, -0.05) is 26.0 Å². The molecule has 0 amide bonds. The number of anilines is 1. The third-order valence-electron chi connectivity index (χ3n) is 4.53. The minimum Gasteiger partial charge on any atom is -0.389 e. The molecule has 1 saturated heterocycles. The number of rotatable bonds is 4. The summed E-state index contributed by atoms with van der Waals surface area (Å²) in [6.07, 6.45) is 0. The van der Waals surface area contributed by atoms with E-state index >= 15 is 0 Å². The summed E-state index contributed by atoms with van der Waals surface area (Å²) < 4.78 is 0. The van der Waals surface area contributed by atoms with Crippen LogP contribution in [0.5, 0.6) is 0 Å². The summed E-state index contributed by atoms with van der Waals surface area (Å²) in [6.45, 7) is 13.2. The molecule has 112 valence electrons. The van der Waals surface area contributed by atoms with Crippen LogP contribution in [0.15, 0.2) is 24.3 Å². The van der Waals surface area contributed by atoms with E-state index in [1.165, 1.54) is 11.3 Å². The fourth-order valence-corrected chi connectivity index (χ4v) is 2.62. The number of hydrogen-bond acceptors (Lipinski definition) is 3. The molecule has 0 spiro atoms. The van der Waals surface area contributed by atoms with Crippen molar-refractivity contribution >= 4 is 5.69 Å². The van der Waals surface area contributed by atoms with Crippen molar-refractivity contribution in [2.75, 3.05) is 37.6 Å². The molecule has 1 aromatic rings. The molecule has 1 heterocycles. The average Bonchev–Trinajstić information content (AvgIpc) is 2.39. The number of hydrogen-bond donors (Lipinski definition) is 1. The van der Waals surface area contributed by atoms with Gasteiger partial charge in [0.2, 0.25) is 0 Å². The molecule has 1 aromatic carbocycles. The molecule has 3 heteroatoms. The first kappa shape index (κ1) is 15.3. The third kappa shape index (κ3) is 3.74. The van der Waals surface area contributed by atoms with Gasteiger partial charge in [0.15, 0.2) is 0 Å².